The zero-order valence-electron chi connectivity index (χ0n) is 11.7. The van der Waals surface area contributed by atoms with Crippen LogP contribution in [0.4, 0.5) is 0 Å². The predicted octanol–water partition coefficient (Wildman–Crippen LogP) is 0.489. The molecule has 0 aromatic carbocycles. The number of carbonyl (C=O) groups is 2. The Bertz CT molecular complexity index is 346. The summed E-state index contributed by atoms with van der Waals surface area (Å²) in [6.07, 6.45) is 5.11. The van der Waals surface area contributed by atoms with Gasteiger partial charge in [0.15, 0.2) is 0 Å². The minimum atomic E-state index is -0.0447. The van der Waals surface area contributed by atoms with Crippen LogP contribution in [0.3, 0.4) is 0 Å². The van der Waals surface area contributed by atoms with Gasteiger partial charge in [0.25, 0.3) is 0 Å². The first kappa shape index (κ1) is 14.3. The van der Waals surface area contributed by atoms with E-state index >= 15 is 0 Å². The predicted molar refractivity (Wildman–Crippen MR) is 73.3 cm³/mol. The molecule has 1 heterocycles. The summed E-state index contributed by atoms with van der Waals surface area (Å²) in [4.78, 5) is 25.5. The molecule has 1 aliphatic carbocycles. The van der Waals surface area contributed by atoms with Crippen molar-refractivity contribution in [2.45, 2.75) is 45.1 Å². The summed E-state index contributed by atoms with van der Waals surface area (Å²) in [5.74, 6) is 0.558. The lowest BCUT2D eigenvalue weighted by molar-refractivity contribution is -0.134. The van der Waals surface area contributed by atoms with Crippen LogP contribution in [0.25, 0.3) is 0 Å². The Morgan fingerprint density at radius 2 is 2.05 bits per heavy atom. The fourth-order valence-electron chi connectivity index (χ4n) is 3.29. The number of nitrogens with one attached hydrogen (secondary N) is 1. The molecule has 0 aromatic heterocycles. The summed E-state index contributed by atoms with van der Waals surface area (Å²) in [6.45, 7) is 3.58. The van der Waals surface area contributed by atoms with Crippen molar-refractivity contribution in [2.24, 2.45) is 17.6 Å². The molecule has 0 bridgehead atoms. The Balaban J connectivity index is 1.87. The minimum Gasteiger partial charge on any atom is -0.353 e. The molecule has 1 aliphatic heterocycles. The summed E-state index contributed by atoms with van der Waals surface area (Å²) >= 11 is 0. The maximum atomic E-state index is 12.3. The second-order valence-electron chi connectivity index (χ2n) is 5.85. The Morgan fingerprint density at radius 1 is 1.26 bits per heavy atom. The molecule has 5 heteroatoms. The molecule has 3 atom stereocenters. The van der Waals surface area contributed by atoms with E-state index in [9.17, 15) is 9.59 Å². The molecule has 1 saturated heterocycles. The van der Waals surface area contributed by atoms with E-state index in [4.69, 9.17) is 5.73 Å². The summed E-state index contributed by atoms with van der Waals surface area (Å²) in [5, 5.41) is 3.15. The fourth-order valence-corrected chi connectivity index (χ4v) is 3.29. The van der Waals surface area contributed by atoms with Crippen LogP contribution in [-0.4, -0.2) is 42.4 Å². The summed E-state index contributed by atoms with van der Waals surface area (Å²) < 4.78 is 0. The van der Waals surface area contributed by atoms with Gasteiger partial charge in [-0.15, -0.1) is 0 Å². The van der Waals surface area contributed by atoms with E-state index in [0.29, 0.717) is 19.0 Å². The van der Waals surface area contributed by atoms with Crippen LogP contribution in [-0.2, 0) is 9.59 Å². The topological polar surface area (TPSA) is 75.4 Å². The van der Waals surface area contributed by atoms with E-state index in [1.807, 2.05) is 0 Å². The Labute approximate surface area is 114 Å². The molecule has 2 aliphatic rings. The summed E-state index contributed by atoms with van der Waals surface area (Å²) in [5.41, 5.74) is 5.74. The van der Waals surface area contributed by atoms with Gasteiger partial charge in [-0.1, -0.05) is 6.42 Å². The normalized spacial score (nSPS) is 31.3. The lowest BCUT2D eigenvalue weighted by Gasteiger charge is -2.32. The molecule has 2 amide bonds. The third-order valence-electron chi connectivity index (χ3n) is 4.53. The van der Waals surface area contributed by atoms with Crippen molar-refractivity contribution in [1.82, 2.24) is 10.2 Å². The van der Waals surface area contributed by atoms with Crippen LogP contribution < -0.4 is 11.1 Å². The number of hydrogen-bond donors (Lipinski definition) is 2. The molecule has 3 unspecified atom stereocenters. The highest BCUT2D eigenvalue weighted by Crippen LogP contribution is 2.25. The fraction of sp³-hybridized carbons (Fsp3) is 0.857. The van der Waals surface area contributed by atoms with Crippen molar-refractivity contribution in [3.05, 3.63) is 0 Å². The van der Waals surface area contributed by atoms with Crippen LogP contribution in [0.15, 0.2) is 0 Å². The molecule has 2 rings (SSSR count). The molecule has 0 radical (unpaired) electrons. The van der Waals surface area contributed by atoms with Crippen LogP contribution in [0.5, 0.6) is 0 Å². The third-order valence-corrected chi connectivity index (χ3v) is 4.53. The van der Waals surface area contributed by atoms with Crippen molar-refractivity contribution in [3.63, 3.8) is 0 Å². The quantitative estimate of drug-likeness (QED) is 0.781. The highest BCUT2D eigenvalue weighted by molar-refractivity contribution is 5.81. The first-order valence-electron chi connectivity index (χ1n) is 7.37. The van der Waals surface area contributed by atoms with Gasteiger partial charge in [0.05, 0.1) is 5.92 Å². The molecule has 0 spiro atoms. The number of piperidine rings is 1. The van der Waals surface area contributed by atoms with Gasteiger partial charge in [-0.25, -0.2) is 0 Å². The lowest BCUT2D eigenvalue weighted by atomic mass is 9.95. The van der Waals surface area contributed by atoms with Gasteiger partial charge in [-0.05, 0) is 38.1 Å². The number of hydrogen-bond acceptors (Lipinski definition) is 3. The lowest BCUT2D eigenvalue weighted by Crippen LogP contribution is -2.48. The molecular formula is C14H25N3O2. The van der Waals surface area contributed by atoms with Crippen molar-refractivity contribution < 1.29 is 9.59 Å². The zero-order valence-corrected chi connectivity index (χ0v) is 11.7. The second kappa shape index (κ2) is 6.37. The largest absolute Gasteiger partial charge is 0.353 e. The number of carbonyl (C=O) groups excluding carboxylic acids is 2. The molecule has 1 saturated carbocycles. The van der Waals surface area contributed by atoms with Crippen LogP contribution in [0, 0.1) is 11.8 Å². The molecule has 19 heavy (non-hydrogen) atoms. The number of amides is 2. The zero-order chi connectivity index (χ0) is 13.8. The second-order valence-corrected chi connectivity index (χ2v) is 5.85. The average molecular weight is 267 g/mol. The first-order valence-corrected chi connectivity index (χ1v) is 7.37. The Hall–Kier alpha value is -1.10. The number of likely N-dealkylation sites (tertiary alicyclic amines) is 1. The van der Waals surface area contributed by atoms with Crippen molar-refractivity contribution in [3.8, 4) is 0 Å². The van der Waals surface area contributed by atoms with E-state index in [-0.39, 0.29) is 23.8 Å². The van der Waals surface area contributed by atoms with Crippen LogP contribution in [0.2, 0.25) is 0 Å². The van der Waals surface area contributed by atoms with Gasteiger partial charge >= 0.3 is 0 Å². The standard InChI is InChI=1S/C14H25N3O2/c1-10(18)17-7-3-5-12(9-17)14(19)16-13-6-2-4-11(13)8-15/h11-13H,2-9,15H2,1H3,(H,16,19). The van der Waals surface area contributed by atoms with E-state index in [0.717, 1.165) is 38.6 Å². The van der Waals surface area contributed by atoms with Gasteiger partial charge in [0.1, 0.15) is 0 Å². The van der Waals surface area contributed by atoms with Crippen LogP contribution in [0.1, 0.15) is 39.0 Å². The maximum absolute atomic E-state index is 12.3. The third kappa shape index (κ3) is 3.47. The molecule has 5 nitrogen and oxygen atoms in total. The molecule has 3 N–H and O–H groups in total. The van der Waals surface area contributed by atoms with E-state index in [1.54, 1.807) is 11.8 Å². The van der Waals surface area contributed by atoms with E-state index in [1.165, 1.54) is 0 Å². The maximum Gasteiger partial charge on any atom is 0.225 e. The highest BCUT2D eigenvalue weighted by Gasteiger charge is 2.32. The molecule has 108 valence electrons. The number of nitrogens with zero attached hydrogens (tertiary/aromatic N) is 1. The highest BCUT2D eigenvalue weighted by atomic mass is 16.2. The van der Waals surface area contributed by atoms with Gasteiger partial charge in [0.2, 0.25) is 11.8 Å². The monoisotopic (exact) mass is 267 g/mol. The summed E-state index contributed by atoms with van der Waals surface area (Å²) in [7, 11) is 0. The summed E-state index contributed by atoms with van der Waals surface area (Å²) in [6, 6.07) is 0.241. The first-order chi connectivity index (χ1) is 9.11. The van der Waals surface area contributed by atoms with E-state index in [2.05, 4.69) is 5.32 Å². The molecule has 2 fully saturated rings. The van der Waals surface area contributed by atoms with E-state index < -0.39 is 0 Å². The molecule has 0 aromatic rings. The number of nitrogens with two attached hydrogens (primary N) is 1. The smallest absolute Gasteiger partial charge is 0.225 e. The Morgan fingerprint density at radius 3 is 2.74 bits per heavy atom. The van der Waals surface area contributed by atoms with Gasteiger partial charge in [-0.3, -0.25) is 9.59 Å². The van der Waals surface area contributed by atoms with Gasteiger partial charge in [-0.2, -0.15) is 0 Å². The Kier molecular flexibility index (Phi) is 4.80. The minimum absolute atomic E-state index is 0.0447. The van der Waals surface area contributed by atoms with Crippen molar-refractivity contribution in [2.75, 3.05) is 19.6 Å². The SMILES string of the molecule is CC(=O)N1CCCC(C(=O)NC2CCCC2CN)C1. The molecular weight excluding hydrogens is 242 g/mol. The van der Waals surface area contributed by atoms with Gasteiger partial charge < -0.3 is 16.0 Å². The number of rotatable bonds is 3. The average Bonchev–Trinajstić information content (AvgIpc) is 2.86. The van der Waals surface area contributed by atoms with Crippen molar-refractivity contribution >= 4 is 11.8 Å². The van der Waals surface area contributed by atoms with Crippen molar-refractivity contribution in [1.29, 1.82) is 0 Å². The van der Waals surface area contributed by atoms with Gasteiger partial charge in [0, 0.05) is 26.1 Å². The van der Waals surface area contributed by atoms with Crippen LogP contribution >= 0.6 is 0 Å².